The fraction of sp³-hybridized carbons (Fsp3) is 1.00. The second kappa shape index (κ2) is 9.86. The minimum absolute atomic E-state index is 0.710. The normalized spacial score (nSPS) is 17.3. The fourth-order valence-electron chi connectivity index (χ4n) is 2.10. The van der Waals surface area contributed by atoms with Gasteiger partial charge in [-0.05, 0) is 44.6 Å². The van der Waals surface area contributed by atoms with Crippen molar-refractivity contribution in [2.24, 2.45) is 5.92 Å². The summed E-state index contributed by atoms with van der Waals surface area (Å²) >= 11 is 0. The lowest BCUT2D eigenvalue weighted by Gasteiger charge is -2.16. The van der Waals surface area contributed by atoms with Crippen LogP contribution < -0.4 is 5.32 Å². The molecule has 0 aromatic carbocycles. The van der Waals surface area contributed by atoms with E-state index in [-0.39, 0.29) is 0 Å². The first-order valence-electron chi connectivity index (χ1n) is 7.16. The van der Waals surface area contributed by atoms with Crippen LogP contribution in [0.15, 0.2) is 0 Å². The third-order valence-electron chi connectivity index (χ3n) is 3.30. The molecule has 3 heteroatoms. The first-order chi connectivity index (χ1) is 8.36. The van der Waals surface area contributed by atoms with Crippen molar-refractivity contribution in [3.8, 4) is 0 Å². The molecule has 0 bridgehead atoms. The second-order valence-corrected chi connectivity index (χ2v) is 5.08. The Morgan fingerprint density at radius 2 is 2.00 bits per heavy atom. The Balaban J connectivity index is 1.94. The number of rotatable bonds is 12. The molecule has 1 saturated carbocycles. The second-order valence-electron chi connectivity index (χ2n) is 5.08. The molecule has 1 fully saturated rings. The Morgan fingerprint density at radius 1 is 1.18 bits per heavy atom. The lowest BCUT2D eigenvalue weighted by Crippen LogP contribution is -2.25. The molecule has 1 unspecified atom stereocenters. The first kappa shape index (κ1) is 14.9. The van der Waals surface area contributed by atoms with Crippen molar-refractivity contribution in [1.82, 2.24) is 5.32 Å². The summed E-state index contributed by atoms with van der Waals surface area (Å²) in [4.78, 5) is 0. The molecule has 0 spiro atoms. The van der Waals surface area contributed by atoms with Gasteiger partial charge in [0.1, 0.15) is 0 Å². The Labute approximate surface area is 106 Å². The van der Waals surface area contributed by atoms with Crippen molar-refractivity contribution in [2.45, 2.75) is 51.5 Å². The molecule has 1 aliphatic carbocycles. The minimum Gasteiger partial charge on any atom is -0.382 e. The molecular formula is C14H29NO2. The largest absolute Gasteiger partial charge is 0.382 e. The summed E-state index contributed by atoms with van der Waals surface area (Å²) in [7, 11) is 1.71. The molecule has 0 aliphatic heterocycles. The topological polar surface area (TPSA) is 30.5 Å². The van der Waals surface area contributed by atoms with Gasteiger partial charge in [-0.25, -0.2) is 0 Å². The zero-order chi connectivity index (χ0) is 12.3. The van der Waals surface area contributed by atoms with E-state index < -0.39 is 0 Å². The third-order valence-corrected chi connectivity index (χ3v) is 3.30. The third kappa shape index (κ3) is 8.58. The molecule has 102 valence electrons. The van der Waals surface area contributed by atoms with Crippen LogP contribution in [0.1, 0.15) is 45.4 Å². The summed E-state index contributed by atoms with van der Waals surface area (Å²) in [6.07, 6.45) is 7.89. The predicted molar refractivity (Wildman–Crippen MR) is 71.4 cm³/mol. The smallest absolute Gasteiger partial charge is 0.0700 e. The Morgan fingerprint density at radius 3 is 2.65 bits per heavy atom. The minimum atomic E-state index is 0.710. The molecule has 0 amide bonds. The van der Waals surface area contributed by atoms with Gasteiger partial charge in [0.2, 0.25) is 0 Å². The number of nitrogens with one attached hydrogen (secondary N) is 1. The lowest BCUT2D eigenvalue weighted by molar-refractivity contribution is 0.0670. The van der Waals surface area contributed by atoms with Gasteiger partial charge in [-0.3, -0.25) is 0 Å². The van der Waals surface area contributed by atoms with E-state index in [0.717, 1.165) is 25.2 Å². The fourth-order valence-corrected chi connectivity index (χ4v) is 2.10. The van der Waals surface area contributed by atoms with Crippen LogP contribution in [0.3, 0.4) is 0 Å². The van der Waals surface area contributed by atoms with Crippen molar-refractivity contribution in [3.05, 3.63) is 0 Å². The van der Waals surface area contributed by atoms with E-state index in [1.54, 1.807) is 7.11 Å². The lowest BCUT2D eigenvalue weighted by atomic mass is 9.98. The summed E-state index contributed by atoms with van der Waals surface area (Å²) in [5, 5.41) is 3.64. The molecule has 17 heavy (non-hydrogen) atoms. The Kier molecular flexibility index (Phi) is 8.67. The molecule has 1 atom stereocenters. The van der Waals surface area contributed by atoms with Crippen LogP contribution in [0.4, 0.5) is 0 Å². The van der Waals surface area contributed by atoms with Gasteiger partial charge in [0, 0.05) is 19.8 Å². The molecule has 1 rings (SSSR count). The van der Waals surface area contributed by atoms with Crippen LogP contribution in [0.2, 0.25) is 0 Å². The number of hydrogen-bond acceptors (Lipinski definition) is 3. The van der Waals surface area contributed by atoms with E-state index in [0.29, 0.717) is 6.61 Å². The van der Waals surface area contributed by atoms with E-state index in [1.807, 2.05) is 0 Å². The summed E-state index contributed by atoms with van der Waals surface area (Å²) in [6.45, 7) is 5.81. The highest BCUT2D eigenvalue weighted by Crippen LogP contribution is 2.20. The van der Waals surface area contributed by atoms with Gasteiger partial charge in [-0.15, -0.1) is 0 Å². The summed E-state index contributed by atoms with van der Waals surface area (Å²) in [5.74, 6) is 0.839. The SMILES string of the molecule is CCCC(CCCOCCOC)CNC1CC1. The van der Waals surface area contributed by atoms with Crippen molar-refractivity contribution in [2.75, 3.05) is 33.5 Å². The average Bonchev–Trinajstić information content (AvgIpc) is 3.14. The maximum atomic E-state index is 5.50. The molecule has 0 aromatic rings. The summed E-state index contributed by atoms with van der Waals surface area (Å²) in [6, 6.07) is 0.840. The van der Waals surface area contributed by atoms with Crippen molar-refractivity contribution >= 4 is 0 Å². The van der Waals surface area contributed by atoms with E-state index in [9.17, 15) is 0 Å². The molecule has 0 radical (unpaired) electrons. The maximum absolute atomic E-state index is 5.50. The van der Waals surface area contributed by atoms with Crippen LogP contribution in [-0.4, -0.2) is 39.5 Å². The van der Waals surface area contributed by atoms with Gasteiger partial charge < -0.3 is 14.8 Å². The number of methoxy groups -OCH3 is 1. The zero-order valence-corrected chi connectivity index (χ0v) is 11.5. The predicted octanol–water partition coefficient (Wildman–Crippen LogP) is 2.60. The standard InChI is InChI=1S/C14H29NO2/c1-3-5-13(12-15-14-7-8-14)6-4-9-17-11-10-16-2/h13-15H,3-12H2,1-2H3. The van der Waals surface area contributed by atoms with Gasteiger partial charge in [0.05, 0.1) is 13.2 Å². The number of hydrogen-bond donors (Lipinski definition) is 1. The monoisotopic (exact) mass is 243 g/mol. The van der Waals surface area contributed by atoms with Crippen LogP contribution in [-0.2, 0) is 9.47 Å². The molecular weight excluding hydrogens is 214 g/mol. The highest BCUT2D eigenvalue weighted by atomic mass is 16.5. The average molecular weight is 243 g/mol. The van der Waals surface area contributed by atoms with E-state index in [2.05, 4.69) is 12.2 Å². The Bertz CT molecular complexity index is 172. The van der Waals surface area contributed by atoms with Crippen LogP contribution in [0, 0.1) is 5.92 Å². The van der Waals surface area contributed by atoms with Crippen molar-refractivity contribution in [1.29, 1.82) is 0 Å². The summed E-state index contributed by atoms with van der Waals surface area (Å²) in [5.41, 5.74) is 0. The van der Waals surface area contributed by atoms with Gasteiger partial charge in [0.25, 0.3) is 0 Å². The molecule has 1 aliphatic rings. The summed E-state index contributed by atoms with van der Waals surface area (Å²) < 4.78 is 10.4. The molecule has 0 aromatic heterocycles. The highest BCUT2D eigenvalue weighted by Gasteiger charge is 2.21. The number of ether oxygens (including phenoxy) is 2. The van der Waals surface area contributed by atoms with E-state index >= 15 is 0 Å². The zero-order valence-electron chi connectivity index (χ0n) is 11.5. The van der Waals surface area contributed by atoms with Crippen LogP contribution in [0.5, 0.6) is 0 Å². The van der Waals surface area contributed by atoms with E-state index in [1.165, 1.54) is 45.1 Å². The Hall–Kier alpha value is -0.120. The molecule has 3 nitrogen and oxygen atoms in total. The van der Waals surface area contributed by atoms with Gasteiger partial charge >= 0.3 is 0 Å². The molecule has 0 heterocycles. The van der Waals surface area contributed by atoms with Gasteiger partial charge in [-0.2, -0.15) is 0 Å². The van der Waals surface area contributed by atoms with Crippen molar-refractivity contribution < 1.29 is 9.47 Å². The van der Waals surface area contributed by atoms with Gasteiger partial charge in [0.15, 0.2) is 0 Å². The molecule has 0 saturated heterocycles. The maximum Gasteiger partial charge on any atom is 0.0700 e. The van der Waals surface area contributed by atoms with Gasteiger partial charge in [-0.1, -0.05) is 13.3 Å². The highest BCUT2D eigenvalue weighted by molar-refractivity contribution is 4.81. The quantitative estimate of drug-likeness (QED) is 0.534. The van der Waals surface area contributed by atoms with E-state index in [4.69, 9.17) is 9.47 Å². The first-order valence-corrected chi connectivity index (χ1v) is 7.16. The van der Waals surface area contributed by atoms with Crippen LogP contribution >= 0.6 is 0 Å². The molecule has 1 N–H and O–H groups in total. The van der Waals surface area contributed by atoms with Crippen molar-refractivity contribution in [3.63, 3.8) is 0 Å². The van der Waals surface area contributed by atoms with Crippen LogP contribution in [0.25, 0.3) is 0 Å².